The van der Waals surface area contributed by atoms with Crippen LogP contribution in [-0.4, -0.2) is 48.6 Å². The van der Waals surface area contributed by atoms with Crippen molar-refractivity contribution in [3.63, 3.8) is 0 Å². The average Bonchev–Trinajstić information content (AvgIpc) is 2.97. The minimum atomic E-state index is -0.491. The summed E-state index contributed by atoms with van der Waals surface area (Å²) in [7, 11) is 0. The topological polar surface area (TPSA) is 108 Å². The molecule has 1 aromatic carbocycles. The quantitative estimate of drug-likeness (QED) is 0.635. The molecule has 138 valence electrons. The number of nitro groups is 1. The minimum Gasteiger partial charge on any atom is -0.486 e. The number of rotatable bonds is 4. The molecular formula is C16H22ClN3O5. The number of nitrogens with zero attached hydrogens (tertiary/aromatic N) is 2. The summed E-state index contributed by atoms with van der Waals surface area (Å²) in [5.74, 6) is 0.663. The summed E-state index contributed by atoms with van der Waals surface area (Å²) in [6.07, 6.45) is 0.812. The molecule has 2 aliphatic rings. The first-order valence-electron chi connectivity index (χ1n) is 7.97. The Labute approximate surface area is 151 Å². The highest BCUT2D eigenvalue weighted by molar-refractivity contribution is 5.85. The molecule has 2 aliphatic heterocycles. The maximum absolute atomic E-state index is 12.6. The van der Waals surface area contributed by atoms with Gasteiger partial charge in [-0.3, -0.25) is 14.9 Å². The number of likely N-dealkylation sites (tertiary alicyclic amines) is 1. The fourth-order valence-electron chi connectivity index (χ4n) is 3.11. The van der Waals surface area contributed by atoms with Crippen LogP contribution in [0, 0.1) is 15.5 Å². The van der Waals surface area contributed by atoms with E-state index in [9.17, 15) is 14.9 Å². The Morgan fingerprint density at radius 1 is 1.36 bits per heavy atom. The van der Waals surface area contributed by atoms with E-state index in [2.05, 4.69) is 0 Å². The third kappa shape index (κ3) is 3.96. The van der Waals surface area contributed by atoms with Gasteiger partial charge in [-0.2, -0.15) is 0 Å². The van der Waals surface area contributed by atoms with Gasteiger partial charge >= 0.3 is 0 Å². The maximum atomic E-state index is 12.6. The van der Waals surface area contributed by atoms with E-state index in [1.165, 1.54) is 6.07 Å². The van der Waals surface area contributed by atoms with Crippen molar-refractivity contribution in [2.45, 2.75) is 19.8 Å². The Hall–Kier alpha value is -2.06. The van der Waals surface area contributed by atoms with Crippen LogP contribution in [0.3, 0.4) is 0 Å². The highest BCUT2D eigenvalue weighted by Gasteiger charge is 2.35. The zero-order valence-electron chi connectivity index (χ0n) is 14.0. The fourth-order valence-corrected chi connectivity index (χ4v) is 3.11. The van der Waals surface area contributed by atoms with Gasteiger partial charge in [-0.25, -0.2) is 0 Å². The van der Waals surface area contributed by atoms with Gasteiger partial charge in [0.15, 0.2) is 11.5 Å². The molecule has 0 aromatic heterocycles. The normalized spacial score (nSPS) is 21.6. The molecule has 1 unspecified atom stereocenters. The van der Waals surface area contributed by atoms with Gasteiger partial charge in [-0.15, -0.1) is 12.4 Å². The summed E-state index contributed by atoms with van der Waals surface area (Å²) in [5, 5.41) is 11.3. The number of carbonyl (C=O) groups excluding carboxylic acids is 1. The summed E-state index contributed by atoms with van der Waals surface area (Å²) in [4.78, 5) is 25.1. The van der Waals surface area contributed by atoms with E-state index in [0.717, 1.165) is 6.42 Å². The number of benzene rings is 1. The first kappa shape index (κ1) is 19.3. The number of ether oxygens (including phenoxy) is 2. The zero-order chi connectivity index (χ0) is 17.3. The van der Waals surface area contributed by atoms with Crippen LogP contribution in [0.4, 0.5) is 5.69 Å². The van der Waals surface area contributed by atoms with Gasteiger partial charge in [0.05, 0.1) is 17.4 Å². The van der Waals surface area contributed by atoms with Gasteiger partial charge in [0, 0.05) is 18.7 Å². The molecule has 1 aromatic rings. The molecule has 0 radical (unpaired) electrons. The van der Waals surface area contributed by atoms with Crippen LogP contribution in [0.2, 0.25) is 0 Å². The summed E-state index contributed by atoms with van der Waals surface area (Å²) < 4.78 is 10.8. The average molecular weight is 372 g/mol. The van der Waals surface area contributed by atoms with Crippen molar-refractivity contribution in [3.8, 4) is 11.5 Å². The lowest BCUT2D eigenvalue weighted by molar-refractivity contribution is -0.385. The minimum absolute atomic E-state index is 0. The van der Waals surface area contributed by atoms with Gasteiger partial charge in [-0.1, -0.05) is 6.92 Å². The Balaban J connectivity index is 0.00000225. The summed E-state index contributed by atoms with van der Waals surface area (Å²) >= 11 is 0. The summed E-state index contributed by atoms with van der Waals surface area (Å²) in [6.45, 7) is 4.52. The summed E-state index contributed by atoms with van der Waals surface area (Å²) in [6, 6.07) is 2.88. The van der Waals surface area contributed by atoms with Crippen LogP contribution in [0.15, 0.2) is 12.1 Å². The highest BCUT2D eigenvalue weighted by Crippen LogP contribution is 2.37. The van der Waals surface area contributed by atoms with Crippen molar-refractivity contribution in [3.05, 3.63) is 27.8 Å². The Bertz CT molecular complexity index is 684. The van der Waals surface area contributed by atoms with Crippen LogP contribution in [-0.2, 0) is 11.2 Å². The van der Waals surface area contributed by atoms with E-state index >= 15 is 0 Å². The standard InChI is InChI=1S/C16H21N3O5.ClH/c1-16(9-17)2-3-18(10-16)15(20)7-11-6-13-14(24-5-4-23-13)8-12(11)19(21)22;/h6,8H,2-5,7,9-10,17H2,1H3;1H. The fraction of sp³-hybridized carbons (Fsp3) is 0.562. The number of carbonyl (C=O) groups is 1. The maximum Gasteiger partial charge on any atom is 0.277 e. The highest BCUT2D eigenvalue weighted by atomic mass is 35.5. The number of fused-ring (bicyclic) bond motifs is 1. The van der Waals surface area contributed by atoms with Crippen molar-refractivity contribution < 1.29 is 19.2 Å². The van der Waals surface area contributed by atoms with Crippen LogP contribution in [0.25, 0.3) is 0 Å². The SMILES string of the molecule is CC1(CN)CCN(C(=O)Cc2cc3c(cc2[N+](=O)[O-])OCCO3)C1.Cl. The van der Waals surface area contributed by atoms with E-state index in [1.54, 1.807) is 11.0 Å². The Morgan fingerprint density at radius 2 is 2.00 bits per heavy atom. The van der Waals surface area contributed by atoms with Crippen molar-refractivity contribution in [2.24, 2.45) is 11.1 Å². The zero-order valence-corrected chi connectivity index (χ0v) is 14.8. The predicted molar refractivity (Wildman–Crippen MR) is 93.4 cm³/mol. The Kier molecular flexibility index (Phi) is 5.74. The number of halogens is 1. The van der Waals surface area contributed by atoms with Gasteiger partial charge < -0.3 is 20.1 Å². The van der Waals surface area contributed by atoms with Gasteiger partial charge in [-0.05, 0) is 24.4 Å². The van der Waals surface area contributed by atoms with Crippen LogP contribution in [0.1, 0.15) is 18.9 Å². The van der Waals surface area contributed by atoms with Crippen LogP contribution in [0.5, 0.6) is 11.5 Å². The molecule has 2 N–H and O–H groups in total. The smallest absolute Gasteiger partial charge is 0.277 e. The molecule has 0 aliphatic carbocycles. The van der Waals surface area contributed by atoms with Crippen molar-refractivity contribution in [2.75, 3.05) is 32.8 Å². The second-order valence-corrected chi connectivity index (χ2v) is 6.64. The molecule has 3 rings (SSSR count). The van der Waals surface area contributed by atoms with E-state index in [4.69, 9.17) is 15.2 Å². The third-order valence-corrected chi connectivity index (χ3v) is 4.69. The molecule has 1 fully saturated rings. The van der Waals surface area contributed by atoms with Crippen molar-refractivity contribution in [1.29, 1.82) is 0 Å². The number of hydrogen-bond acceptors (Lipinski definition) is 6. The first-order valence-corrected chi connectivity index (χ1v) is 7.97. The second-order valence-electron chi connectivity index (χ2n) is 6.64. The molecule has 9 heteroatoms. The monoisotopic (exact) mass is 371 g/mol. The molecule has 8 nitrogen and oxygen atoms in total. The van der Waals surface area contributed by atoms with E-state index in [0.29, 0.717) is 49.9 Å². The largest absolute Gasteiger partial charge is 0.486 e. The van der Waals surface area contributed by atoms with Gasteiger partial charge in [0.1, 0.15) is 13.2 Å². The number of hydrogen-bond donors (Lipinski definition) is 1. The molecule has 1 saturated heterocycles. The molecular weight excluding hydrogens is 350 g/mol. The molecule has 1 amide bonds. The van der Waals surface area contributed by atoms with Crippen molar-refractivity contribution >= 4 is 24.0 Å². The molecule has 0 bridgehead atoms. The number of nitro benzene ring substituents is 1. The van der Waals surface area contributed by atoms with E-state index in [-0.39, 0.29) is 35.8 Å². The van der Waals surface area contributed by atoms with Crippen molar-refractivity contribution in [1.82, 2.24) is 4.90 Å². The lowest BCUT2D eigenvalue weighted by Gasteiger charge is -2.23. The van der Waals surface area contributed by atoms with Gasteiger partial charge in [0.25, 0.3) is 5.69 Å². The molecule has 2 heterocycles. The third-order valence-electron chi connectivity index (χ3n) is 4.69. The molecule has 1 atom stereocenters. The summed E-state index contributed by atoms with van der Waals surface area (Å²) in [5.41, 5.74) is 5.92. The lowest BCUT2D eigenvalue weighted by atomic mass is 9.90. The first-order chi connectivity index (χ1) is 11.4. The number of amides is 1. The second kappa shape index (κ2) is 7.45. The van der Waals surface area contributed by atoms with E-state index < -0.39 is 4.92 Å². The van der Waals surface area contributed by atoms with Crippen LogP contribution < -0.4 is 15.2 Å². The lowest BCUT2D eigenvalue weighted by Crippen LogP contribution is -2.35. The molecule has 0 saturated carbocycles. The van der Waals surface area contributed by atoms with Gasteiger partial charge in [0.2, 0.25) is 5.91 Å². The molecule has 25 heavy (non-hydrogen) atoms. The Morgan fingerprint density at radius 3 is 2.56 bits per heavy atom. The predicted octanol–water partition coefficient (Wildman–Crippen LogP) is 1.53. The van der Waals surface area contributed by atoms with Crippen LogP contribution >= 0.6 is 12.4 Å². The molecule has 0 spiro atoms. The number of nitrogens with two attached hydrogens (primary N) is 1. The van der Waals surface area contributed by atoms with E-state index in [1.807, 2.05) is 6.92 Å².